The highest BCUT2D eigenvalue weighted by Gasteiger charge is 2.09. The molecule has 0 aromatic carbocycles. The molecule has 0 radical (unpaired) electrons. The predicted molar refractivity (Wildman–Crippen MR) is 52.8 cm³/mol. The largest absolute Gasteiger partial charge is 0.361 e. The maximum absolute atomic E-state index is 5.12. The van der Waals surface area contributed by atoms with E-state index in [2.05, 4.69) is 10.3 Å². The van der Waals surface area contributed by atoms with Crippen molar-refractivity contribution in [2.24, 2.45) is 7.05 Å². The van der Waals surface area contributed by atoms with Crippen LogP contribution in [0.2, 0.25) is 0 Å². The minimum absolute atomic E-state index is 0.811. The number of aromatic nitrogens is 3. The van der Waals surface area contributed by atoms with E-state index in [1.54, 1.807) is 0 Å². The first-order valence-electron chi connectivity index (χ1n) is 4.67. The van der Waals surface area contributed by atoms with Crippen molar-refractivity contribution < 1.29 is 4.52 Å². The molecular formula is C10H13N3O. The first-order valence-corrected chi connectivity index (χ1v) is 4.67. The van der Waals surface area contributed by atoms with Crippen LogP contribution in [0.4, 0.5) is 0 Å². The van der Waals surface area contributed by atoms with Crippen molar-refractivity contribution in [2.45, 2.75) is 20.3 Å². The summed E-state index contributed by atoms with van der Waals surface area (Å²) in [6.45, 7) is 4.05. The Morgan fingerprint density at radius 1 is 1.36 bits per heavy atom. The number of nitrogens with zero attached hydrogens (tertiary/aromatic N) is 3. The third-order valence-electron chi connectivity index (χ3n) is 2.28. The quantitative estimate of drug-likeness (QED) is 0.728. The zero-order valence-corrected chi connectivity index (χ0v) is 8.61. The molecule has 0 N–H and O–H groups in total. The molecule has 14 heavy (non-hydrogen) atoms. The van der Waals surface area contributed by atoms with Crippen molar-refractivity contribution in [1.82, 2.24) is 14.9 Å². The molecular weight excluding hydrogens is 178 g/mol. The fourth-order valence-electron chi connectivity index (χ4n) is 1.29. The van der Waals surface area contributed by atoms with Gasteiger partial charge in [-0.25, -0.2) is 0 Å². The van der Waals surface area contributed by atoms with Gasteiger partial charge in [0.25, 0.3) is 0 Å². The number of aryl methyl sites for hydroxylation is 3. The van der Waals surface area contributed by atoms with Gasteiger partial charge in [-0.2, -0.15) is 5.10 Å². The summed E-state index contributed by atoms with van der Waals surface area (Å²) in [6.07, 6.45) is 0.860. The van der Waals surface area contributed by atoms with E-state index >= 15 is 0 Å². The predicted octanol–water partition coefficient (Wildman–Crippen LogP) is 1.95. The first-order chi connectivity index (χ1) is 6.70. The second-order valence-electron chi connectivity index (χ2n) is 3.33. The summed E-state index contributed by atoms with van der Waals surface area (Å²) in [5.74, 6) is 0.892. The van der Waals surface area contributed by atoms with Gasteiger partial charge >= 0.3 is 0 Å². The minimum Gasteiger partial charge on any atom is -0.361 e. The lowest BCUT2D eigenvalue weighted by Gasteiger charge is -1.88. The summed E-state index contributed by atoms with van der Waals surface area (Å²) in [5, 5.41) is 8.28. The molecule has 2 heterocycles. The van der Waals surface area contributed by atoms with Gasteiger partial charge in [0, 0.05) is 25.2 Å². The van der Waals surface area contributed by atoms with Gasteiger partial charge in [-0.1, -0.05) is 12.1 Å². The third-order valence-corrected chi connectivity index (χ3v) is 2.28. The summed E-state index contributed by atoms with van der Waals surface area (Å²) in [4.78, 5) is 0. The second kappa shape index (κ2) is 3.29. The Kier molecular flexibility index (Phi) is 2.11. The minimum atomic E-state index is 0.811. The standard InChI is InChI=1S/C10H13N3O/c1-4-8-6-10(12-14-8)9-5-7(2)13(3)11-9/h5-6H,4H2,1-3H3. The van der Waals surface area contributed by atoms with Crippen LogP contribution in [0.25, 0.3) is 11.4 Å². The maximum Gasteiger partial charge on any atom is 0.137 e. The van der Waals surface area contributed by atoms with Gasteiger partial charge < -0.3 is 4.52 Å². The molecule has 0 bridgehead atoms. The van der Waals surface area contributed by atoms with Gasteiger partial charge in [-0.15, -0.1) is 0 Å². The van der Waals surface area contributed by atoms with Crippen molar-refractivity contribution in [2.75, 3.05) is 0 Å². The van der Waals surface area contributed by atoms with E-state index in [1.807, 2.05) is 37.7 Å². The van der Waals surface area contributed by atoms with Crippen LogP contribution in [0.3, 0.4) is 0 Å². The van der Waals surface area contributed by atoms with Crippen molar-refractivity contribution in [3.05, 3.63) is 23.6 Å². The van der Waals surface area contributed by atoms with Crippen LogP contribution in [0, 0.1) is 6.92 Å². The summed E-state index contributed by atoms with van der Waals surface area (Å²) in [5.41, 5.74) is 2.79. The molecule has 0 aliphatic heterocycles. The molecule has 0 atom stereocenters. The fraction of sp³-hybridized carbons (Fsp3) is 0.400. The van der Waals surface area contributed by atoms with Crippen LogP contribution in [-0.2, 0) is 13.5 Å². The van der Waals surface area contributed by atoms with E-state index < -0.39 is 0 Å². The van der Waals surface area contributed by atoms with Crippen LogP contribution < -0.4 is 0 Å². The highest BCUT2D eigenvalue weighted by Crippen LogP contribution is 2.18. The molecule has 0 saturated heterocycles. The highest BCUT2D eigenvalue weighted by atomic mass is 16.5. The van der Waals surface area contributed by atoms with Gasteiger partial charge in [0.2, 0.25) is 0 Å². The van der Waals surface area contributed by atoms with Gasteiger partial charge in [0.05, 0.1) is 0 Å². The molecule has 4 nitrogen and oxygen atoms in total. The lowest BCUT2D eigenvalue weighted by molar-refractivity contribution is 0.388. The first kappa shape index (κ1) is 8.99. The Balaban J connectivity index is 2.39. The normalized spacial score (nSPS) is 10.8. The maximum atomic E-state index is 5.12. The molecule has 2 aromatic rings. The SMILES string of the molecule is CCc1cc(-c2cc(C)n(C)n2)no1. The van der Waals surface area contributed by atoms with Crippen LogP contribution in [0.15, 0.2) is 16.7 Å². The molecule has 0 aliphatic rings. The Morgan fingerprint density at radius 2 is 2.14 bits per heavy atom. The summed E-state index contributed by atoms with van der Waals surface area (Å²) in [7, 11) is 1.92. The zero-order valence-electron chi connectivity index (χ0n) is 8.61. The summed E-state index contributed by atoms with van der Waals surface area (Å²) in [6, 6.07) is 3.93. The third kappa shape index (κ3) is 1.43. The molecule has 4 heteroatoms. The molecule has 0 amide bonds. The molecule has 2 rings (SSSR count). The van der Waals surface area contributed by atoms with E-state index in [1.165, 1.54) is 0 Å². The van der Waals surface area contributed by atoms with Gasteiger partial charge in [-0.3, -0.25) is 4.68 Å². The van der Waals surface area contributed by atoms with Crippen LogP contribution >= 0.6 is 0 Å². The average Bonchev–Trinajstić information content (AvgIpc) is 2.74. The summed E-state index contributed by atoms with van der Waals surface area (Å²) < 4.78 is 6.95. The van der Waals surface area contributed by atoms with E-state index in [4.69, 9.17) is 4.52 Å². The summed E-state index contributed by atoms with van der Waals surface area (Å²) >= 11 is 0. The van der Waals surface area contributed by atoms with E-state index in [-0.39, 0.29) is 0 Å². The average molecular weight is 191 g/mol. The lowest BCUT2D eigenvalue weighted by Crippen LogP contribution is -1.92. The highest BCUT2D eigenvalue weighted by molar-refractivity contribution is 5.53. The number of hydrogen-bond donors (Lipinski definition) is 0. The monoisotopic (exact) mass is 191 g/mol. The number of hydrogen-bond acceptors (Lipinski definition) is 3. The molecule has 0 aliphatic carbocycles. The smallest absolute Gasteiger partial charge is 0.137 e. The molecule has 0 unspecified atom stereocenters. The van der Waals surface area contributed by atoms with Gasteiger partial charge in [0.1, 0.15) is 17.1 Å². The second-order valence-corrected chi connectivity index (χ2v) is 3.33. The van der Waals surface area contributed by atoms with Crippen molar-refractivity contribution in [3.8, 4) is 11.4 Å². The van der Waals surface area contributed by atoms with E-state index in [0.717, 1.165) is 29.3 Å². The molecule has 0 spiro atoms. The van der Waals surface area contributed by atoms with Crippen LogP contribution in [-0.4, -0.2) is 14.9 Å². The number of rotatable bonds is 2. The van der Waals surface area contributed by atoms with Gasteiger partial charge in [-0.05, 0) is 13.0 Å². The molecule has 0 fully saturated rings. The molecule has 74 valence electrons. The van der Waals surface area contributed by atoms with E-state index in [0.29, 0.717) is 0 Å². The van der Waals surface area contributed by atoms with Crippen molar-refractivity contribution in [3.63, 3.8) is 0 Å². The fourth-order valence-corrected chi connectivity index (χ4v) is 1.29. The zero-order chi connectivity index (χ0) is 10.1. The van der Waals surface area contributed by atoms with Crippen molar-refractivity contribution >= 4 is 0 Å². The lowest BCUT2D eigenvalue weighted by atomic mass is 10.2. The van der Waals surface area contributed by atoms with Crippen LogP contribution in [0.1, 0.15) is 18.4 Å². The Labute approximate surface area is 82.5 Å². The molecule has 2 aromatic heterocycles. The van der Waals surface area contributed by atoms with E-state index in [9.17, 15) is 0 Å². The Hall–Kier alpha value is -1.58. The van der Waals surface area contributed by atoms with Gasteiger partial charge in [0.15, 0.2) is 0 Å². The van der Waals surface area contributed by atoms with Crippen molar-refractivity contribution in [1.29, 1.82) is 0 Å². The molecule has 0 saturated carbocycles. The Morgan fingerprint density at radius 3 is 2.64 bits per heavy atom. The van der Waals surface area contributed by atoms with Crippen LogP contribution in [0.5, 0.6) is 0 Å². The topological polar surface area (TPSA) is 43.9 Å². The Bertz CT molecular complexity index is 422.